The molecule has 0 N–H and O–H groups in total. The van der Waals surface area contributed by atoms with E-state index in [0.717, 1.165) is 45.5 Å². The van der Waals surface area contributed by atoms with E-state index in [1.165, 1.54) is 12.8 Å². The molecule has 94 valence electrons. The summed E-state index contributed by atoms with van der Waals surface area (Å²) < 4.78 is 4.99. The number of likely N-dealkylation sites (tertiary alicyclic amines) is 1. The Morgan fingerprint density at radius 3 is 2.44 bits per heavy atom. The topological polar surface area (TPSA) is 32.8 Å². The van der Waals surface area contributed by atoms with Gasteiger partial charge in [0.2, 0.25) is 0 Å². The lowest BCUT2D eigenvalue weighted by molar-refractivity contribution is 0.151. The molecule has 1 fully saturated rings. The van der Waals surface area contributed by atoms with E-state index in [9.17, 15) is 4.79 Å². The van der Waals surface area contributed by atoms with Gasteiger partial charge in [-0.15, -0.1) is 0 Å². The highest BCUT2D eigenvalue weighted by Crippen LogP contribution is 2.11. The van der Waals surface area contributed by atoms with Crippen LogP contribution in [-0.4, -0.2) is 56.2 Å². The minimum atomic E-state index is 0.179. The number of carbonyl (C=O) groups excluding carboxylic acids is 1. The van der Waals surface area contributed by atoms with Gasteiger partial charge in [0.1, 0.15) is 0 Å². The largest absolute Gasteiger partial charge is 0.385 e. The second-order valence-corrected chi connectivity index (χ2v) is 4.45. The Morgan fingerprint density at radius 2 is 1.88 bits per heavy atom. The molecule has 0 aromatic heterocycles. The minimum Gasteiger partial charge on any atom is -0.385 e. The number of rotatable bonds is 4. The summed E-state index contributed by atoms with van der Waals surface area (Å²) in [5.41, 5.74) is 0. The number of ether oxygens (including phenoxy) is 1. The highest BCUT2D eigenvalue weighted by Gasteiger charge is 2.18. The van der Waals surface area contributed by atoms with Gasteiger partial charge in [-0.05, 0) is 19.3 Å². The van der Waals surface area contributed by atoms with Gasteiger partial charge in [0, 0.05) is 40.4 Å². The molecule has 0 atom stereocenters. The van der Waals surface area contributed by atoms with Gasteiger partial charge in [-0.2, -0.15) is 0 Å². The predicted molar refractivity (Wildman–Crippen MR) is 64.6 cm³/mol. The van der Waals surface area contributed by atoms with Crippen molar-refractivity contribution in [2.75, 3.05) is 40.4 Å². The SMILES string of the molecule is COCCCN(C)C(=O)N1CCCCCC1. The lowest BCUT2D eigenvalue weighted by atomic mass is 10.2. The van der Waals surface area contributed by atoms with Gasteiger partial charge < -0.3 is 14.5 Å². The third-order valence-corrected chi connectivity index (χ3v) is 3.05. The van der Waals surface area contributed by atoms with Crippen LogP contribution in [0.2, 0.25) is 0 Å². The van der Waals surface area contributed by atoms with Gasteiger partial charge in [0.15, 0.2) is 0 Å². The van der Waals surface area contributed by atoms with Crippen LogP contribution in [0.1, 0.15) is 32.1 Å². The van der Waals surface area contributed by atoms with Gasteiger partial charge in [-0.3, -0.25) is 0 Å². The summed E-state index contributed by atoms with van der Waals surface area (Å²) >= 11 is 0. The molecule has 4 heteroatoms. The fourth-order valence-electron chi connectivity index (χ4n) is 2.05. The van der Waals surface area contributed by atoms with E-state index in [2.05, 4.69) is 0 Å². The Bertz CT molecular complexity index is 201. The van der Waals surface area contributed by atoms with E-state index in [0.29, 0.717) is 0 Å². The van der Waals surface area contributed by atoms with Crippen LogP contribution in [0.25, 0.3) is 0 Å². The Kier molecular flexibility index (Phi) is 6.23. The number of methoxy groups -OCH3 is 1. The van der Waals surface area contributed by atoms with Crippen molar-refractivity contribution in [1.82, 2.24) is 9.80 Å². The molecule has 1 heterocycles. The third-order valence-electron chi connectivity index (χ3n) is 3.05. The van der Waals surface area contributed by atoms with Gasteiger partial charge in [0.25, 0.3) is 0 Å². The Morgan fingerprint density at radius 1 is 1.25 bits per heavy atom. The normalized spacial score (nSPS) is 17.0. The average molecular weight is 228 g/mol. The van der Waals surface area contributed by atoms with Crippen LogP contribution in [0.5, 0.6) is 0 Å². The van der Waals surface area contributed by atoms with Crippen LogP contribution in [-0.2, 0) is 4.74 Å². The Labute approximate surface area is 98.5 Å². The number of hydrogen-bond acceptors (Lipinski definition) is 2. The molecule has 1 aliphatic rings. The van der Waals surface area contributed by atoms with Crippen molar-refractivity contribution in [3.63, 3.8) is 0 Å². The van der Waals surface area contributed by atoms with Crippen molar-refractivity contribution < 1.29 is 9.53 Å². The van der Waals surface area contributed by atoms with Crippen molar-refractivity contribution in [3.05, 3.63) is 0 Å². The molecule has 1 aliphatic heterocycles. The van der Waals surface area contributed by atoms with E-state index in [1.807, 2.05) is 16.8 Å². The van der Waals surface area contributed by atoms with Crippen LogP contribution < -0.4 is 0 Å². The first-order chi connectivity index (χ1) is 7.75. The first-order valence-corrected chi connectivity index (χ1v) is 6.24. The summed E-state index contributed by atoms with van der Waals surface area (Å²) in [7, 11) is 3.57. The molecule has 0 bridgehead atoms. The molecule has 0 unspecified atom stereocenters. The van der Waals surface area contributed by atoms with Crippen molar-refractivity contribution in [1.29, 1.82) is 0 Å². The van der Waals surface area contributed by atoms with Crippen LogP contribution in [0.4, 0.5) is 4.79 Å². The second-order valence-electron chi connectivity index (χ2n) is 4.45. The highest BCUT2D eigenvalue weighted by atomic mass is 16.5. The standard InChI is InChI=1S/C12H24N2O2/c1-13(8-7-11-16-2)12(15)14-9-5-3-4-6-10-14/h3-11H2,1-2H3. The summed E-state index contributed by atoms with van der Waals surface area (Å²) in [4.78, 5) is 15.9. The van der Waals surface area contributed by atoms with Crippen LogP contribution >= 0.6 is 0 Å². The summed E-state index contributed by atoms with van der Waals surface area (Å²) in [6, 6.07) is 0.179. The van der Waals surface area contributed by atoms with Crippen molar-refractivity contribution in [3.8, 4) is 0 Å². The average Bonchev–Trinajstić information content (AvgIpc) is 2.56. The first kappa shape index (κ1) is 13.3. The quantitative estimate of drug-likeness (QED) is 0.689. The first-order valence-electron chi connectivity index (χ1n) is 6.24. The van der Waals surface area contributed by atoms with E-state index in [1.54, 1.807) is 7.11 Å². The molecule has 4 nitrogen and oxygen atoms in total. The van der Waals surface area contributed by atoms with Crippen LogP contribution in [0, 0.1) is 0 Å². The molecule has 2 amide bonds. The summed E-state index contributed by atoms with van der Waals surface area (Å²) in [6.45, 7) is 3.35. The summed E-state index contributed by atoms with van der Waals surface area (Å²) in [5, 5.41) is 0. The lowest BCUT2D eigenvalue weighted by Gasteiger charge is -2.27. The number of amides is 2. The van der Waals surface area contributed by atoms with Crippen molar-refractivity contribution in [2.45, 2.75) is 32.1 Å². The molecule has 1 saturated heterocycles. The summed E-state index contributed by atoms with van der Waals surface area (Å²) in [5.74, 6) is 0. The lowest BCUT2D eigenvalue weighted by Crippen LogP contribution is -2.42. The second kappa shape index (κ2) is 7.49. The van der Waals surface area contributed by atoms with Gasteiger partial charge in [0.05, 0.1) is 0 Å². The zero-order valence-corrected chi connectivity index (χ0v) is 10.6. The Balaban J connectivity index is 2.30. The predicted octanol–water partition coefficient (Wildman–Crippen LogP) is 1.95. The smallest absolute Gasteiger partial charge is 0.319 e. The zero-order chi connectivity index (χ0) is 11.8. The molecule has 0 saturated carbocycles. The van der Waals surface area contributed by atoms with Crippen LogP contribution in [0.3, 0.4) is 0 Å². The van der Waals surface area contributed by atoms with Crippen LogP contribution in [0.15, 0.2) is 0 Å². The highest BCUT2D eigenvalue weighted by molar-refractivity contribution is 5.74. The van der Waals surface area contributed by atoms with E-state index < -0.39 is 0 Å². The maximum atomic E-state index is 12.1. The molecule has 0 aliphatic carbocycles. The third kappa shape index (κ3) is 4.39. The molecule has 0 spiro atoms. The maximum Gasteiger partial charge on any atom is 0.319 e. The molecule has 0 aromatic carbocycles. The molecule has 0 radical (unpaired) electrons. The van der Waals surface area contributed by atoms with Gasteiger partial charge >= 0.3 is 6.03 Å². The monoisotopic (exact) mass is 228 g/mol. The van der Waals surface area contributed by atoms with Gasteiger partial charge in [-0.25, -0.2) is 4.79 Å². The number of hydrogen-bond donors (Lipinski definition) is 0. The maximum absolute atomic E-state index is 12.1. The van der Waals surface area contributed by atoms with Crippen molar-refractivity contribution >= 4 is 6.03 Å². The van der Waals surface area contributed by atoms with E-state index >= 15 is 0 Å². The molecule has 1 rings (SSSR count). The zero-order valence-electron chi connectivity index (χ0n) is 10.6. The fourth-order valence-corrected chi connectivity index (χ4v) is 2.05. The van der Waals surface area contributed by atoms with Gasteiger partial charge in [-0.1, -0.05) is 12.8 Å². The number of carbonyl (C=O) groups is 1. The molecular formula is C12H24N2O2. The van der Waals surface area contributed by atoms with E-state index in [-0.39, 0.29) is 6.03 Å². The minimum absolute atomic E-state index is 0.179. The number of nitrogens with zero attached hydrogens (tertiary/aromatic N) is 2. The number of urea groups is 1. The van der Waals surface area contributed by atoms with Crippen molar-refractivity contribution in [2.24, 2.45) is 0 Å². The molecule has 16 heavy (non-hydrogen) atoms. The van der Waals surface area contributed by atoms with E-state index in [4.69, 9.17) is 4.74 Å². The molecule has 0 aromatic rings. The fraction of sp³-hybridized carbons (Fsp3) is 0.917. The summed E-state index contributed by atoms with van der Waals surface area (Å²) in [6.07, 6.45) is 5.73. The molecular weight excluding hydrogens is 204 g/mol. The Hall–Kier alpha value is -0.770.